The number of aromatic nitrogens is 2. The molecule has 1 amide bonds. The Labute approximate surface area is 208 Å². The zero-order chi connectivity index (χ0) is 24.8. The maximum absolute atomic E-state index is 13.0. The van der Waals surface area contributed by atoms with Gasteiger partial charge in [-0.3, -0.25) is 9.69 Å². The topological polar surface area (TPSA) is 59.8 Å². The molecule has 0 radical (unpaired) electrons. The third-order valence-electron chi connectivity index (χ3n) is 6.51. The van der Waals surface area contributed by atoms with Gasteiger partial charge in [0.2, 0.25) is 5.91 Å². The fourth-order valence-corrected chi connectivity index (χ4v) is 4.60. The number of amides is 1. The number of piperazine rings is 1. The third-order valence-corrected chi connectivity index (χ3v) is 6.51. The number of carbonyl (C=O) groups excluding carboxylic acids is 1. The normalized spacial score (nSPS) is 14.2. The van der Waals surface area contributed by atoms with E-state index in [-0.39, 0.29) is 5.91 Å². The molecule has 1 fully saturated rings. The Morgan fingerprint density at radius 2 is 1.60 bits per heavy atom. The van der Waals surface area contributed by atoms with Crippen molar-refractivity contribution < 1.29 is 14.3 Å². The van der Waals surface area contributed by atoms with Crippen molar-refractivity contribution >= 4 is 5.91 Å². The Kier molecular flexibility index (Phi) is 8.08. The van der Waals surface area contributed by atoms with Crippen molar-refractivity contribution in [2.24, 2.45) is 0 Å². The predicted molar refractivity (Wildman–Crippen MR) is 137 cm³/mol. The summed E-state index contributed by atoms with van der Waals surface area (Å²) in [6.07, 6.45) is 0.370. The van der Waals surface area contributed by atoms with Gasteiger partial charge in [-0.05, 0) is 57.5 Å². The van der Waals surface area contributed by atoms with Crippen LogP contribution in [0.15, 0.2) is 48.5 Å². The molecule has 0 unspecified atom stereocenters. The Balaban J connectivity index is 1.34. The fraction of sp³-hybridized carbons (Fsp3) is 0.429. The first-order valence-corrected chi connectivity index (χ1v) is 12.5. The minimum atomic E-state index is 0.153. The first kappa shape index (κ1) is 24.8. The standard InChI is InChI=1S/C28H36N4O3/c1-5-34-26-13-12-23(18-27(26)35-6-2)19-28(33)31-16-14-30(15-17-31)20-25-21(3)29-32(22(25)4)24-10-8-7-9-11-24/h7-13,18H,5-6,14-17,19-20H2,1-4H3. The van der Waals surface area contributed by atoms with Gasteiger partial charge in [0, 0.05) is 44.0 Å². The summed E-state index contributed by atoms with van der Waals surface area (Å²) in [6, 6.07) is 16.0. The molecule has 1 aliphatic heterocycles. The lowest BCUT2D eigenvalue weighted by atomic mass is 10.1. The van der Waals surface area contributed by atoms with Gasteiger partial charge in [-0.2, -0.15) is 5.10 Å². The second-order valence-corrected chi connectivity index (χ2v) is 8.88. The first-order valence-electron chi connectivity index (χ1n) is 12.5. The fourth-order valence-electron chi connectivity index (χ4n) is 4.60. The van der Waals surface area contributed by atoms with E-state index < -0.39 is 0 Å². The minimum absolute atomic E-state index is 0.153. The van der Waals surface area contributed by atoms with Crippen molar-refractivity contribution in [3.63, 3.8) is 0 Å². The highest BCUT2D eigenvalue weighted by atomic mass is 16.5. The lowest BCUT2D eigenvalue weighted by molar-refractivity contribution is -0.132. The molecule has 0 atom stereocenters. The summed E-state index contributed by atoms with van der Waals surface area (Å²) in [4.78, 5) is 17.4. The van der Waals surface area contributed by atoms with Crippen LogP contribution in [0.3, 0.4) is 0 Å². The van der Waals surface area contributed by atoms with E-state index >= 15 is 0 Å². The maximum Gasteiger partial charge on any atom is 0.227 e. The molecule has 7 heteroatoms. The maximum atomic E-state index is 13.0. The van der Waals surface area contributed by atoms with E-state index in [1.165, 1.54) is 11.3 Å². The summed E-state index contributed by atoms with van der Waals surface area (Å²) < 4.78 is 13.4. The van der Waals surface area contributed by atoms with Gasteiger partial charge in [-0.15, -0.1) is 0 Å². The molecule has 3 aromatic rings. The molecule has 2 heterocycles. The molecule has 1 aromatic heterocycles. The molecular weight excluding hydrogens is 440 g/mol. The van der Waals surface area contributed by atoms with Crippen LogP contribution in [0.25, 0.3) is 5.69 Å². The van der Waals surface area contributed by atoms with E-state index in [0.717, 1.165) is 55.4 Å². The predicted octanol–water partition coefficient (Wildman–Crippen LogP) is 4.17. The molecule has 186 valence electrons. The van der Waals surface area contributed by atoms with Gasteiger partial charge in [0.05, 0.1) is 31.0 Å². The molecule has 0 bridgehead atoms. The van der Waals surface area contributed by atoms with Crippen molar-refractivity contribution in [2.75, 3.05) is 39.4 Å². The number of benzene rings is 2. The van der Waals surface area contributed by atoms with E-state index in [9.17, 15) is 4.79 Å². The molecule has 1 saturated heterocycles. The van der Waals surface area contributed by atoms with Crippen molar-refractivity contribution in [2.45, 2.75) is 40.7 Å². The Hall–Kier alpha value is -3.32. The average molecular weight is 477 g/mol. The molecule has 0 aliphatic carbocycles. The third kappa shape index (κ3) is 5.85. The van der Waals surface area contributed by atoms with Gasteiger partial charge in [-0.1, -0.05) is 24.3 Å². The van der Waals surface area contributed by atoms with Crippen LogP contribution in [0.1, 0.15) is 36.4 Å². The number of carbonyl (C=O) groups is 1. The zero-order valence-electron chi connectivity index (χ0n) is 21.3. The highest BCUT2D eigenvalue weighted by molar-refractivity contribution is 5.79. The SMILES string of the molecule is CCOc1ccc(CC(=O)N2CCN(Cc3c(C)nn(-c4ccccc4)c3C)CC2)cc1OCC. The van der Waals surface area contributed by atoms with Gasteiger partial charge in [0.15, 0.2) is 11.5 Å². The molecular formula is C28H36N4O3. The van der Waals surface area contributed by atoms with Crippen LogP contribution >= 0.6 is 0 Å². The van der Waals surface area contributed by atoms with Crippen molar-refractivity contribution in [3.05, 3.63) is 71.0 Å². The summed E-state index contributed by atoms with van der Waals surface area (Å²) in [7, 11) is 0. The van der Waals surface area contributed by atoms with Gasteiger partial charge in [0.1, 0.15) is 0 Å². The monoisotopic (exact) mass is 476 g/mol. The highest BCUT2D eigenvalue weighted by Crippen LogP contribution is 2.29. The van der Waals surface area contributed by atoms with Crippen molar-refractivity contribution in [1.82, 2.24) is 19.6 Å². The van der Waals surface area contributed by atoms with Gasteiger partial charge >= 0.3 is 0 Å². The van der Waals surface area contributed by atoms with Crippen LogP contribution in [0.2, 0.25) is 0 Å². The van der Waals surface area contributed by atoms with Gasteiger partial charge < -0.3 is 14.4 Å². The van der Waals surface area contributed by atoms with Gasteiger partial charge in [0.25, 0.3) is 0 Å². The smallest absolute Gasteiger partial charge is 0.227 e. The zero-order valence-corrected chi connectivity index (χ0v) is 21.3. The lowest BCUT2D eigenvalue weighted by Crippen LogP contribution is -2.48. The Morgan fingerprint density at radius 1 is 0.914 bits per heavy atom. The van der Waals surface area contributed by atoms with Crippen LogP contribution in [0.4, 0.5) is 0 Å². The number of hydrogen-bond acceptors (Lipinski definition) is 5. The first-order chi connectivity index (χ1) is 17.0. The second-order valence-electron chi connectivity index (χ2n) is 8.88. The number of hydrogen-bond donors (Lipinski definition) is 0. The molecule has 1 aliphatic rings. The van der Waals surface area contributed by atoms with E-state index in [0.29, 0.717) is 25.4 Å². The highest BCUT2D eigenvalue weighted by Gasteiger charge is 2.23. The van der Waals surface area contributed by atoms with Crippen molar-refractivity contribution in [1.29, 1.82) is 0 Å². The summed E-state index contributed by atoms with van der Waals surface area (Å²) in [5.74, 6) is 1.58. The van der Waals surface area contributed by atoms with E-state index in [2.05, 4.69) is 30.9 Å². The van der Waals surface area contributed by atoms with E-state index in [1.807, 2.05) is 59.8 Å². The molecule has 0 N–H and O–H groups in total. The summed E-state index contributed by atoms with van der Waals surface area (Å²) in [5, 5.41) is 4.78. The number of nitrogens with zero attached hydrogens (tertiary/aromatic N) is 4. The van der Waals surface area contributed by atoms with E-state index in [1.54, 1.807) is 0 Å². The summed E-state index contributed by atoms with van der Waals surface area (Å²) in [6.45, 7) is 13.3. The molecule has 4 rings (SSSR count). The Morgan fingerprint density at radius 3 is 2.29 bits per heavy atom. The summed E-state index contributed by atoms with van der Waals surface area (Å²) >= 11 is 0. The molecule has 7 nitrogen and oxygen atoms in total. The number of rotatable bonds is 9. The minimum Gasteiger partial charge on any atom is -0.490 e. The molecule has 35 heavy (non-hydrogen) atoms. The van der Waals surface area contributed by atoms with E-state index in [4.69, 9.17) is 14.6 Å². The number of para-hydroxylation sites is 1. The molecule has 0 saturated carbocycles. The Bertz CT molecular complexity index is 1130. The van der Waals surface area contributed by atoms with Crippen molar-refractivity contribution in [3.8, 4) is 17.2 Å². The van der Waals surface area contributed by atoms with Crippen LogP contribution in [0.5, 0.6) is 11.5 Å². The largest absolute Gasteiger partial charge is 0.490 e. The molecule has 0 spiro atoms. The van der Waals surface area contributed by atoms with Crippen LogP contribution in [0, 0.1) is 13.8 Å². The number of aryl methyl sites for hydroxylation is 1. The number of ether oxygens (including phenoxy) is 2. The quantitative estimate of drug-likeness (QED) is 0.464. The van der Waals surface area contributed by atoms with Crippen LogP contribution < -0.4 is 9.47 Å². The second kappa shape index (κ2) is 11.4. The molecule has 2 aromatic carbocycles. The van der Waals surface area contributed by atoms with Crippen LogP contribution in [-0.4, -0.2) is 64.9 Å². The van der Waals surface area contributed by atoms with Gasteiger partial charge in [-0.25, -0.2) is 4.68 Å². The van der Waals surface area contributed by atoms with Crippen LogP contribution in [-0.2, 0) is 17.8 Å². The average Bonchev–Trinajstić information content (AvgIpc) is 3.15. The lowest BCUT2D eigenvalue weighted by Gasteiger charge is -2.35. The summed E-state index contributed by atoms with van der Waals surface area (Å²) in [5.41, 5.74) is 5.53.